The SMILES string of the molecule is Cc1ccc(C)c(NC(=S)N2CCn3c2nc2ccccc23)c1. The van der Waals surface area contributed by atoms with Gasteiger partial charge in [0.25, 0.3) is 0 Å². The Labute approximate surface area is 140 Å². The number of imidazole rings is 1. The van der Waals surface area contributed by atoms with Gasteiger partial charge in [0.15, 0.2) is 5.11 Å². The molecule has 0 unspecified atom stereocenters. The van der Waals surface area contributed by atoms with Crippen LogP contribution in [0, 0.1) is 13.8 Å². The summed E-state index contributed by atoms with van der Waals surface area (Å²) < 4.78 is 2.23. The van der Waals surface area contributed by atoms with Crippen LogP contribution in [0.5, 0.6) is 0 Å². The Bertz CT molecular complexity index is 913. The first-order valence-electron chi connectivity index (χ1n) is 7.74. The predicted octanol–water partition coefficient (Wildman–Crippen LogP) is 3.87. The Balaban J connectivity index is 1.65. The number of hydrogen-bond acceptors (Lipinski definition) is 2. The van der Waals surface area contributed by atoms with Gasteiger partial charge in [-0.1, -0.05) is 24.3 Å². The fourth-order valence-corrected chi connectivity index (χ4v) is 3.32. The molecule has 2 aromatic carbocycles. The van der Waals surface area contributed by atoms with Gasteiger partial charge in [-0.3, -0.25) is 4.90 Å². The maximum atomic E-state index is 5.64. The van der Waals surface area contributed by atoms with Crippen LogP contribution in [0.3, 0.4) is 0 Å². The Morgan fingerprint density at radius 1 is 1.13 bits per heavy atom. The van der Waals surface area contributed by atoms with Gasteiger partial charge in [-0.05, 0) is 55.4 Å². The van der Waals surface area contributed by atoms with Crippen molar-refractivity contribution in [2.24, 2.45) is 0 Å². The molecular weight excluding hydrogens is 304 g/mol. The molecule has 4 rings (SSSR count). The molecular formula is C18H18N4S. The molecule has 1 aliphatic rings. The third-order valence-electron chi connectivity index (χ3n) is 4.30. The highest BCUT2D eigenvalue weighted by Gasteiger charge is 2.26. The van der Waals surface area contributed by atoms with Crippen LogP contribution in [0.2, 0.25) is 0 Å². The second kappa shape index (κ2) is 5.35. The normalized spacial score (nSPS) is 13.4. The lowest BCUT2D eigenvalue weighted by Crippen LogP contribution is -2.33. The van der Waals surface area contributed by atoms with Gasteiger partial charge in [-0.25, -0.2) is 4.98 Å². The molecule has 0 atom stereocenters. The molecule has 116 valence electrons. The summed E-state index contributed by atoms with van der Waals surface area (Å²) in [5.74, 6) is 0.925. The number of fused-ring (bicyclic) bond motifs is 3. The number of nitrogens with zero attached hydrogens (tertiary/aromatic N) is 3. The molecule has 0 saturated heterocycles. The largest absolute Gasteiger partial charge is 0.332 e. The molecule has 0 bridgehead atoms. The molecule has 1 N–H and O–H groups in total. The summed E-state index contributed by atoms with van der Waals surface area (Å²) in [4.78, 5) is 6.82. The van der Waals surface area contributed by atoms with Gasteiger partial charge in [-0.2, -0.15) is 0 Å². The number of anilines is 2. The molecule has 0 aliphatic carbocycles. The standard InChI is InChI=1S/C18H18N4S/c1-12-7-8-13(2)15(11-12)20-18(23)22-10-9-21-16-6-4-3-5-14(16)19-17(21)22/h3-8,11H,9-10H2,1-2H3,(H,20,23). The molecule has 23 heavy (non-hydrogen) atoms. The maximum absolute atomic E-state index is 5.64. The van der Waals surface area contributed by atoms with Gasteiger partial charge in [0.1, 0.15) is 0 Å². The summed E-state index contributed by atoms with van der Waals surface area (Å²) in [5, 5.41) is 4.08. The van der Waals surface area contributed by atoms with Gasteiger partial charge in [0.2, 0.25) is 5.95 Å². The van der Waals surface area contributed by atoms with Gasteiger partial charge >= 0.3 is 0 Å². The summed E-state index contributed by atoms with van der Waals surface area (Å²) in [6.45, 7) is 5.93. The van der Waals surface area contributed by atoms with E-state index < -0.39 is 0 Å². The van der Waals surface area contributed by atoms with Crippen molar-refractivity contribution < 1.29 is 0 Å². The maximum Gasteiger partial charge on any atom is 0.213 e. The smallest absolute Gasteiger partial charge is 0.213 e. The minimum Gasteiger partial charge on any atom is -0.332 e. The topological polar surface area (TPSA) is 33.1 Å². The van der Waals surface area contributed by atoms with E-state index in [4.69, 9.17) is 17.2 Å². The number of aryl methyl sites for hydroxylation is 2. The van der Waals surface area contributed by atoms with Crippen LogP contribution < -0.4 is 10.2 Å². The first kappa shape index (κ1) is 14.2. The molecule has 1 aliphatic heterocycles. The lowest BCUT2D eigenvalue weighted by atomic mass is 10.1. The Morgan fingerprint density at radius 3 is 2.83 bits per heavy atom. The Morgan fingerprint density at radius 2 is 1.96 bits per heavy atom. The fraction of sp³-hybridized carbons (Fsp3) is 0.222. The molecule has 5 heteroatoms. The Kier molecular flexibility index (Phi) is 3.31. The van der Waals surface area contributed by atoms with Crippen molar-refractivity contribution >= 4 is 40.0 Å². The average molecular weight is 322 g/mol. The van der Waals surface area contributed by atoms with E-state index in [-0.39, 0.29) is 0 Å². The molecule has 0 saturated carbocycles. The van der Waals surface area contributed by atoms with E-state index in [0.717, 1.165) is 30.2 Å². The first-order chi connectivity index (χ1) is 11.1. The summed E-state index contributed by atoms with van der Waals surface area (Å²) >= 11 is 5.64. The van der Waals surface area contributed by atoms with Crippen molar-refractivity contribution in [3.05, 3.63) is 53.6 Å². The zero-order chi connectivity index (χ0) is 16.0. The van der Waals surface area contributed by atoms with Gasteiger partial charge in [-0.15, -0.1) is 0 Å². The molecule has 0 fully saturated rings. The van der Waals surface area contributed by atoms with Crippen LogP contribution in [-0.2, 0) is 6.54 Å². The Hall–Kier alpha value is -2.40. The van der Waals surface area contributed by atoms with E-state index in [1.54, 1.807) is 0 Å². The van der Waals surface area contributed by atoms with Gasteiger partial charge in [0.05, 0.1) is 11.0 Å². The number of thiocarbonyl (C=S) groups is 1. The van der Waals surface area contributed by atoms with Crippen molar-refractivity contribution in [1.82, 2.24) is 9.55 Å². The summed E-state index contributed by atoms with van der Waals surface area (Å²) in [5.41, 5.74) is 5.64. The van der Waals surface area contributed by atoms with Crippen molar-refractivity contribution in [3.63, 3.8) is 0 Å². The molecule has 2 heterocycles. The third kappa shape index (κ3) is 2.37. The highest BCUT2D eigenvalue weighted by atomic mass is 32.1. The van der Waals surface area contributed by atoms with Crippen LogP contribution in [-0.4, -0.2) is 21.2 Å². The summed E-state index contributed by atoms with van der Waals surface area (Å²) in [6.07, 6.45) is 0. The van der Waals surface area contributed by atoms with E-state index in [9.17, 15) is 0 Å². The molecule has 0 amide bonds. The van der Waals surface area contributed by atoms with Crippen molar-refractivity contribution in [1.29, 1.82) is 0 Å². The van der Waals surface area contributed by atoms with E-state index in [1.807, 2.05) is 18.2 Å². The molecule has 4 nitrogen and oxygen atoms in total. The number of hydrogen-bond donors (Lipinski definition) is 1. The molecule has 0 radical (unpaired) electrons. The van der Waals surface area contributed by atoms with E-state index in [0.29, 0.717) is 5.11 Å². The summed E-state index contributed by atoms with van der Waals surface area (Å²) in [7, 11) is 0. The zero-order valence-electron chi connectivity index (χ0n) is 13.2. The second-order valence-electron chi connectivity index (χ2n) is 5.95. The lowest BCUT2D eigenvalue weighted by molar-refractivity contribution is 0.829. The van der Waals surface area contributed by atoms with Crippen molar-refractivity contribution in [2.75, 3.05) is 16.8 Å². The highest BCUT2D eigenvalue weighted by Crippen LogP contribution is 2.28. The fourth-order valence-electron chi connectivity index (χ4n) is 3.03. The van der Waals surface area contributed by atoms with Gasteiger partial charge < -0.3 is 9.88 Å². The monoisotopic (exact) mass is 322 g/mol. The quantitative estimate of drug-likeness (QED) is 0.690. The number of rotatable bonds is 1. The minimum absolute atomic E-state index is 0.702. The second-order valence-corrected chi connectivity index (χ2v) is 6.34. The minimum atomic E-state index is 0.702. The third-order valence-corrected chi connectivity index (χ3v) is 4.63. The van der Waals surface area contributed by atoms with E-state index >= 15 is 0 Å². The van der Waals surface area contributed by atoms with E-state index in [2.05, 4.69) is 52.9 Å². The number of para-hydroxylation sites is 2. The van der Waals surface area contributed by atoms with E-state index in [1.165, 1.54) is 16.6 Å². The van der Waals surface area contributed by atoms with Crippen LogP contribution in [0.15, 0.2) is 42.5 Å². The first-order valence-corrected chi connectivity index (χ1v) is 8.15. The molecule has 1 aromatic heterocycles. The highest BCUT2D eigenvalue weighted by molar-refractivity contribution is 7.80. The van der Waals surface area contributed by atoms with Crippen molar-refractivity contribution in [2.45, 2.75) is 20.4 Å². The van der Waals surface area contributed by atoms with Crippen LogP contribution in [0.25, 0.3) is 11.0 Å². The van der Waals surface area contributed by atoms with Crippen LogP contribution in [0.1, 0.15) is 11.1 Å². The number of aromatic nitrogens is 2. The predicted molar refractivity (Wildman–Crippen MR) is 99.2 cm³/mol. The molecule has 3 aromatic rings. The number of benzene rings is 2. The summed E-state index contributed by atoms with van der Waals surface area (Å²) in [6, 6.07) is 14.6. The zero-order valence-corrected chi connectivity index (χ0v) is 14.0. The van der Waals surface area contributed by atoms with Gasteiger partial charge in [0, 0.05) is 18.8 Å². The van der Waals surface area contributed by atoms with Crippen LogP contribution in [0.4, 0.5) is 11.6 Å². The average Bonchev–Trinajstić information content (AvgIpc) is 3.09. The molecule has 0 spiro atoms. The number of nitrogens with one attached hydrogen (secondary N) is 1. The lowest BCUT2D eigenvalue weighted by Gasteiger charge is -2.19. The van der Waals surface area contributed by atoms with Crippen molar-refractivity contribution in [3.8, 4) is 0 Å². The van der Waals surface area contributed by atoms with Crippen LogP contribution >= 0.6 is 12.2 Å².